The average Bonchev–Trinajstić information content (AvgIpc) is 1.50. The SMILES string of the molecule is C.O.O=O.[C-]#[O+].[HH].[HH].[HH].[HH]. The second kappa shape index (κ2) is 95.6. The van der Waals surface area contributed by atoms with E-state index in [1.165, 1.54) is 0 Å². The van der Waals surface area contributed by atoms with Gasteiger partial charge in [-0.05, 0) is 0 Å². The maximum absolute atomic E-state index is 7.50. The quantitative estimate of drug-likeness (QED) is 0.335. The van der Waals surface area contributed by atoms with E-state index in [-0.39, 0.29) is 18.6 Å². The van der Waals surface area contributed by atoms with E-state index in [1.807, 2.05) is 0 Å². The Morgan fingerprint density at radius 3 is 1.33 bits per heavy atom. The zero-order valence-electron chi connectivity index (χ0n) is 2.22. The number of hydrogen-bond acceptors (Lipinski definition) is 2. The fraction of sp³-hybridized carbons (Fsp3) is 0.500. The van der Waals surface area contributed by atoms with Gasteiger partial charge in [0.25, 0.3) is 0 Å². The van der Waals surface area contributed by atoms with Crippen LogP contribution in [0.4, 0.5) is 0 Å². The predicted molar refractivity (Wildman–Crippen MR) is 29.5 cm³/mol. The maximum atomic E-state index is 7.50. The molecular weight excluding hydrogens is 88.0 g/mol. The first-order valence-electron chi connectivity index (χ1n) is 0.371. The molecule has 0 saturated heterocycles. The minimum absolute atomic E-state index is 0. The minimum Gasteiger partial charge on any atom is 0 e. The molecule has 0 aromatic carbocycles. The van der Waals surface area contributed by atoms with E-state index in [0.717, 1.165) is 0 Å². The van der Waals surface area contributed by atoms with Crippen molar-refractivity contribution < 1.29 is 15.8 Å². The van der Waals surface area contributed by atoms with Crippen LogP contribution in [0.15, 0.2) is 0 Å². The van der Waals surface area contributed by atoms with Crippen LogP contribution in [-0.2, 0) is 4.65 Å². The standard InChI is InChI=1S/CO.CH4.O2.H2O.4H2/c1-2;;1-2;;;;;/h;1H4;;1H2;4*1H. The molecule has 0 radical (unpaired) electrons. The summed E-state index contributed by atoms with van der Waals surface area (Å²) in [5.41, 5.74) is 0. The van der Waals surface area contributed by atoms with Crippen molar-refractivity contribution in [1.29, 1.82) is 0 Å². The summed E-state index contributed by atoms with van der Waals surface area (Å²) >= 11 is 0. The van der Waals surface area contributed by atoms with E-state index >= 15 is 0 Å². The van der Waals surface area contributed by atoms with E-state index < -0.39 is 0 Å². The van der Waals surface area contributed by atoms with Gasteiger partial charge in [-0.25, -0.2) is 0 Å². The van der Waals surface area contributed by atoms with Crippen LogP contribution in [0, 0.1) is 16.6 Å². The van der Waals surface area contributed by atoms with Gasteiger partial charge < -0.3 is 5.48 Å². The second-order valence-corrected chi connectivity index (χ2v) is 0. The summed E-state index contributed by atoms with van der Waals surface area (Å²) in [6, 6.07) is 0. The van der Waals surface area contributed by atoms with Crippen LogP contribution in [0.25, 0.3) is 0 Å². The van der Waals surface area contributed by atoms with Crippen LogP contribution in [0.5, 0.6) is 0 Å². The zero-order chi connectivity index (χ0) is 4.00. The molecule has 0 amide bonds. The monoisotopic (exact) mass is 102 g/mol. The summed E-state index contributed by atoms with van der Waals surface area (Å²) in [6.45, 7) is 4.50. The van der Waals surface area contributed by atoms with Gasteiger partial charge in [0.05, 0.1) is 0 Å². The smallest absolute Gasteiger partial charge is 0 e. The molecule has 0 saturated carbocycles. The largest absolute Gasteiger partial charge is 0 e. The molecule has 4 nitrogen and oxygen atoms in total. The van der Waals surface area contributed by atoms with Crippen LogP contribution < -0.4 is 0 Å². The van der Waals surface area contributed by atoms with Crippen LogP contribution in [-0.4, -0.2) is 5.48 Å². The van der Waals surface area contributed by atoms with Gasteiger partial charge >= 0.3 is 11.3 Å². The first kappa shape index (κ1) is 58.0. The van der Waals surface area contributed by atoms with Gasteiger partial charge in [0.1, 0.15) is 0 Å². The fourth-order valence-corrected chi connectivity index (χ4v) is 0. The third-order valence-electron chi connectivity index (χ3n) is 0. The van der Waals surface area contributed by atoms with Crippen LogP contribution in [0.3, 0.4) is 0 Å². The van der Waals surface area contributed by atoms with E-state index in [4.69, 9.17) is 14.6 Å². The molecule has 0 bridgehead atoms. The first-order chi connectivity index (χ1) is 2.00. The Balaban J connectivity index is -0.000000000833. The van der Waals surface area contributed by atoms with Crippen molar-refractivity contribution in [3.8, 4) is 0 Å². The molecule has 0 rings (SSSR count). The van der Waals surface area contributed by atoms with Gasteiger partial charge in [0.15, 0.2) is 0 Å². The van der Waals surface area contributed by atoms with Crippen molar-refractivity contribution in [2.75, 3.05) is 0 Å². The maximum Gasteiger partial charge on any atom is 0 e. The zero-order valence-corrected chi connectivity index (χ0v) is 2.22. The van der Waals surface area contributed by atoms with Crippen molar-refractivity contribution in [2.45, 2.75) is 7.43 Å². The predicted octanol–water partition coefficient (Wildman–Crippen LogP) is 0.825. The van der Waals surface area contributed by atoms with Gasteiger partial charge in [0, 0.05) is 15.6 Å². The molecule has 0 unspecified atom stereocenters. The van der Waals surface area contributed by atoms with E-state index in [2.05, 4.69) is 6.65 Å². The molecule has 0 heterocycles. The van der Waals surface area contributed by atoms with Crippen molar-refractivity contribution in [3.05, 3.63) is 16.6 Å². The Bertz CT molecular complexity index is 26.5. The molecule has 2 N–H and O–H groups in total. The summed E-state index contributed by atoms with van der Waals surface area (Å²) in [6.07, 6.45) is 0. The molecule has 0 aliphatic rings. The third kappa shape index (κ3) is 35.6. The molecule has 4 heteroatoms. The Morgan fingerprint density at radius 2 is 1.33 bits per heavy atom. The van der Waals surface area contributed by atoms with Crippen molar-refractivity contribution in [1.82, 2.24) is 0 Å². The normalized spacial score (nSPS) is 1.00. The molecule has 0 aromatic rings. The van der Waals surface area contributed by atoms with Crippen molar-refractivity contribution >= 4 is 0 Å². The second-order valence-electron chi connectivity index (χ2n) is 0. The van der Waals surface area contributed by atoms with Gasteiger partial charge in [-0.1, -0.05) is 7.43 Å². The molecule has 0 aliphatic heterocycles. The van der Waals surface area contributed by atoms with Crippen molar-refractivity contribution in [3.63, 3.8) is 0 Å². The van der Waals surface area contributed by atoms with E-state index in [9.17, 15) is 0 Å². The summed E-state index contributed by atoms with van der Waals surface area (Å²) in [7, 11) is 0. The Kier molecular flexibility index (Phi) is 924. The summed E-state index contributed by atoms with van der Waals surface area (Å²) in [5, 5.41) is 0. The molecule has 0 fully saturated rings. The molecule has 0 aromatic heterocycles. The topological polar surface area (TPSA) is 85.5 Å². The minimum atomic E-state index is 0. The fourth-order valence-electron chi connectivity index (χ4n) is 0. The molecule has 6 heavy (non-hydrogen) atoms. The number of hydrogen-bond donors (Lipinski definition) is 0. The molecular formula is C2H14O4. The van der Waals surface area contributed by atoms with E-state index in [1.54, 1.807) is 0 Å². The van der Waals surface area contributed by atoms with Crippen molar-refractivity contribution in [2.24, 2.45) is 0 Å². The number of rotatable bonds is 0. The Labute approximate surface area is 41.3 Å². The van der Waals surface area contributed by atoms with Crippen LogP contribution >= 0.6 is 0 Å². The first-order valence-corrected chi connectivity index (χ1v) is 0.371. The average molecular weight is 102 g/mol. The van der Waals surface area contributed by atoms with Gasteiger partial charge in [-0.2, -0.15) is 0 Å². The summed E-state index contributed by atoms with van der Waals surface area (Å²) < 4.78 is 7.50. The van der Waals surface area contributed by atoms with E-state index in [0.29, 0.717) is 0 Å². The summed E-state index contributed by atoms with van der Waals surface area (Å²) in [5.74, 6) is 0. The van der Waals surface area contributed by atoms with Gasteiger partial charge in [-0.15, -0.1) is 0 Å². The molecule has 0 atom stereocenters. The third-order valence-corrected chi connectivity index (χ3v) is 0. The summed E-state index contributed by atoms with van der Waals surface area (Å²) in [4.78, 5) is 14.0. The Hall–Kier alpha value is -0.700. The van der Waals surface area contributed by atoms with Crippen LogP contribution in [0.1, 0.15) is 13.1 Å². The van der Waals surface area contributed by atoms with Gasteiger partial charge in [0.2, 0.25) is 0 Å². The van der Waals surface area contributed by atoms with Gasteiger partial charge in [-0.3, -0.25) is 0 Å². The Morgan fingerprint density at radius 1 is 1.33 bits per heavy atom. The molecule has 46 valence electrons. The molecule has 0 spiro atoms. The molecule has 0 aliphatic carbocycles. The van der Waals surface area contributed by atoms with Crippen LogP contribution in [0.2, 0.25) is 0 Å².